The Bertz CT molecular complexity index is 688. The number of nitrogens with zero attached hydrogens (tertiary/aromatic N) is 1. The lowest BCUT2D eigenvalue weighted by atomic mass is 10.1. The maximum Gasteiger partial charge on any atom is 0.319 e. The Kier molecular flexibility index (Phi) is 9.15. The summed E-state index contributed by atoms with van der Waals surface area (Å²) in [5, 5.41) is -0.279. The monoisotopic (exact) mass is 389 g/mol. The van der Waals surface area contributed by atoms with Crippen LogP contribution in [-0.4, -0.2) is 43.0 Å². The molecule has 1 heterocycles. The van der Waals surface area contributed by atoms with Crippen LogP contribution in [0.15, 0.2) is 42.6 Å². The number of aryl methyl sites for hydroxylation is 1. The van der Waals surface area contributed by atoms with E-state index in [4.69, 9.17) is 14.2 Å². The Hall–Kier alpha value is -2.05. The van der Waals surface area contributed by atoms with Gasteiger partial charge in [0.2, 0.25) is 0 Å². The number of hydrogen-bond donors (Lipinski definition) is 0. The van der Waals surface area contributed by atoms with Crippen molar-refractivity contribution < 1.29 is 19.0 Å². The Morgan fingerprint density at radius 1 is 1.11 bits per heavy atom. The second-order valence-electron chi connectivity index (χ2n) is 6.04. The zero-order valence-corrected chi connectivity index (χ0v) is 17.0. The Labute approximate surface area is 165 Å². The number of aromatic nitrogens is 1. The Morgan fingerprint density at radius 2 is 1.85 bits per heavy atom. The third kappa shape index (κ3) is 7.23. The summed E-state index contributed by atoms with van der Waals surface area (Å²) in [6.45, 7) is 2.69. The molecule has 2 aromatic rings. The topological polar surface area (TPSA) is 57.7 Å². The molecule has 5 nitrogen and oxygen atoms in total. The van der Waals surface area contributed by atoms with Crippen LogP contribution < -0.4 is 4.74 Å². The minimum atomic E-state index is -0.279. The molecule has 0 spiro atoms. The number of carbonyl (C=O) groups is 1. The van der Waals surface area contributed by atoms with Gasteiger partial charge in [0.1, 0.15) is 11.0 Å². The molecule has 0 saturated carbocycles. The van der Waals surface area contributed by atoms with Gasteiger partial charge in [0.05, 0.1) is 19.7 Å². The molecule has 2 rings (SSSR count). The zero-order chi connectivity index (χ0) is 19.5. The van der Waals surface area contributed by atoms with E-state index in [1.54, 1.807) is 7.11 Å². The van der Waals surface area contributed by atoms with Crippen LogP contribution in [0.5, 0.6) is 5.75 Å². The number of ether oxygens (including phenoxy) is 3. The average molecular weight is 390 g/mol. The quantitative estimate of drug-likeness (QED) is 0.432. The van der Waals surface area contributed by atoms with E-state index in [2.05, 4.69) is 24.0 Å². The van der Waals surface area contributed by atoms with Crippen LogP contribution >= 0.6 is 11.8 Å². The number of thioether (sulfide) groups is 1. The van der Waals surface area contributed by atoms with E-state index in [9.17, 15) is 4.79 Å². The van der Waals surface area contributed by atoms with E-state index >= 15 is 0 Å². The van der Waals surface area contributed by atoms with E-state index in [-0.39, 0.29) is 11.2 Å². The number of rotatable bonds is 11. The van der Waals surface area contributed by atoms with Crippen LogP contribution in [0.3, 0.4) is 0 Å². The molecule has 0 saturated heterocycles. The molecule has 0 aliphatic rings. The standard InChI is InChI=1S/C21H27NO4S/c1-4-16-5-8-18(22-14-16)11-12-26-19-9-6-17(7-10-19)13-20(21(23)25-3)27-15-24-2/h5-10,14,20H,4,11-13,15H2,1-3H3. The Balaban J connectivity index is 1.83. The van der Waals surface area contributed by atoms with Crippen molar-refractivity contribution in [1.82, 2.24) is 4.98 Å². The van der Waals surface area contributed by atoms with Gasteiger partial charge in [0.25, 0.3) is 0 Å². The van der Waals surface area contributed by atoms with Gasteiger partial charge < -0.3 is 14.2 Å². The molecular formula is C21H27NO4S. The maximum atomic E-state index is 11.9. The fourth-order valence-electron chi connectivity index (χ4n) is 2.51. The first-order chi connectivity index (χ1) is 13.2. The van der Waals surface area contributed by atoms with Gasteiger partial charge in [-0.1, -0.05) is 25.1 Å². The van der Waals surface area contributed by atoms with Crippen molar-refractivity contribution in [2.24, 2.45) is 0 Å². The van der Waals surface area contributed by atoms with Crippen molar-refractivity contribution >= 4 is 17.7 Å². The molecule has 0 aliphatic carbocycles. The molecule has 27 heavy (non-hydrogen) atoms. The molecule has 1 unspecified atom stereocenters. The first-order valence-electron chi connectivity index (χ1n) is 9.00. The predicted octanol–water partition coefficient (Wildman–Crippen LogP) is 3.69. The second kappa shape index (κ2) is 11.6. The van der Waals surface area contributed by atoms with E-state index in [1.165, 1.54) is 24.4 Å². The van der Waals surface area contributed by atoms with Crippen LogP contribution in [0.1, 0.15) is 23.7 Å². The van der Waals surface area contributed by atoms with E-state index < -0.39 is 0 Å². The molecule has 146 valence electrons. The number of carbonyl (C=O) groups excluding carboxylic acids is 1. The second-order valence-corrected chi connectivity index (χ2v) is 7.18. The van der Waals surface area contributed by atoms with Crippen LogP contribution in [0.25, 0.3) is 0 Å². The minimum absolute atomic E-state index is 0.237. The first kappa shape index (κ1) is 21.3. The smallest absolute Gasteiger partial charge is 0.319 e. The lowest BCUT2D eigenvalue weighted by Gasteiger charge is -2.14. The summed E-state index contributed by atoms with van der Waals surface area (Å²) < 4.78 is 15.7. The van der Waals surface area contributed by atoms with Crippen LogP contribution in [0.4, 0.5) is 0 Å². The third-order valence-electron chi connectivity index (χ3n) is 4.12. The van der Waals surface area contributed by atoms with E-state index in [1.807, 2.05) is 30.5 Å². The SMILES string of the molecule is CCc1ccc(CCOc2ccc(CC(SCOC)C(=O)OC)cc2)nc1. The predicted molar refractivity (Wildman–Crippen MR) is 108 cm³/mol. The van der Waals surface area contributed by atoms with Crippen molar-refractivity contribution in [2.75, 3.05) is 26.8 Å². The zero-order valence-electron chi connectivity index (χ0n) is 16.1. The van der Waals surface area contributed by atoms with Gasteiger partial charge in [-0.15, -0.1) is 11.8 Å². The Morgan fingerprint density at radius 3 is 2.44 bits per heavy atom. The van der Waals surface area contributed by atoms with Crippen LogP contribution in [0, 0.1) is 0 Å². The third-order valence-corrected chi connectivity index (χ3v) is 5.25. The van der Waals surface area contributed by atoms with Gasteiger partial charge in [-0.2, -0.15) is 0 Å². The molecule has 0 N–H and O–H groups in total. The normalized spacial score (nSPS) is 11.8. The largest absolute Gasteiger partial charge is 0.493 e. The fraction of sp³-hybridized carbons (Fsp3) is 0.429. The van der Waals surface area contributed by atoms with E-state index in [0.717, 1.165) is 29.8 Å². The summed E-state index contributed by atoms with van der Waals surface area (Å²) in [5.41, 5.74) is 3.32. The maximum absolute atomic E-state index is 11.9. The first-order valence-corrected chi connectivity index (χ1v) is 10.0. The number of pyridine rings is 1. The van der Waals surface area contributed by atoms with Crippen LogP contribution in [-0.2, 0) is 33.5 Å². The molecule has 0 fully saturated rings. The summed E-state index contributed by atoms with van der Waals surface area (Å²) >= 11 is 1.43. The molecular weight excluding hydrogens is 362 g/mol. The summed E-state index contributed by atoms with van der Waals surface area (Å²) in [6, 6.07) is 12.0. The van der Waals surface area contributed by atoms with Gasteiger partial charge in [-0.25, -0.2) is 0 Å². The van der Waals surface area contributed by atoms with Crippen LogP contribution in [0.2, 0.25) is 0 Å². The van der Waals surface area contributed by atoms with Gasteiger partial charge in [0, 0.05) is 25.4 Å². The van der Waals surface area contributed by atoms with Crippen molar-refractivity contribution in [1.29, 1.82) is 0 Å². The molecule has 0 radical (unpaired) electrons. The molecule has 0 bridgehead atoms. The molecule has 6 heteroatoms. The number of esters is 1. The average Bonchev–Trinajstić information content (AvgIpc) is 2.72. The van der Waals surface area contributed by atoms with Gasteiger partial charge in [-0.05, 0) is 42.2 Å². The number of hydrogen-bond acceptors (Lipinski definition) is 6. The summed E-state index contributed by atoms with van der Waals surface area (Å²) in [6.07, 6.45) is 4.28. The molecule has 0 aliphatic heterocycles. The number of benzene rings is 1. The minimum Gasteiger partial charge on any atom is -0.493 e. The lowest BCUT2D eigenvalue weighted by Crippen LogP contribution is -2.22. The molecule has 1 aromatic carbocycles. The van der Waals surface area contributed by atoms with E-state index in [0.29, 0.717) is 19.0 Å². The lowest BCUT2D eigenvalue weighted by molar-refractivity contribution is -0.139. The highest BCUT2D eigenvalue weighted by molar-refractivity contribution is 8.00. The highest BCUT2D eigenvalue weighted by atomic mass is 32.2. The fourth-order valence-corrected chi connectivity index (χ4v) is 3.36. The van der Waals surface area contributed by atoms with Crippen molar-refractivity contribution in [3.05, 3.63) is 59.4 Å². The highest BCUT2D eigenvalue weighted by Gasteiger charge is 2.20. The van der Waals surface area contributed by atoms with Gasteiger partial charge in [0.15, 0.2) is 0 Å². The highest BCUT2D eigenvalue weighted by Crippen LogP contribution is 2.20. The number of methoxy groups -OCH3 is 2. The van der Waals surface area contributed by atoms with Gasteiger partial charge >= 0.3 is 5.97 Å². The molecule has 0 amide bonds. The van der Waals surface area contributed by atoms with Crippen molar-refractivity contribution in [3.8, 4) is 5.75 Å². The summed E-state index contributed by atoms with van der Waals surface area (Å²) in [4.78, 5) is 16.3. The summed E-state index contributed by atoms with van der Waals surface area (Å²) in [5.74, 6) is 1.02. The van der Waals surface area contributed by atoms with Crippen molar-refractivity contribution in [2.45, 2.75) is 31.4 Å². The summed E-state index contributed by atoms with van der Waals surface area (Å²) in [7, 11) is 3.02. The van der Waals surface area contributed by atoms with Gasteiger partial charge in [-0.3, -0.25) is 9.78 Å². The molecule has 1 aromatic heterocycles. The van der Waals surface area contributed by atoms with Crippen molar-refractivity contribution in [3.63, 3.8) is 0 Å². The molecule has 1 atom stereocenters.